The third-order valence-corrected chi connectivity index (χ3v) is 4.36. The number of thioether (sulfide) groups is 1. The second-order valence-electron chi connectivity index (χ2n) is 5.38. The summed E-state index contributed by atoms with van der Waals surface area (Å²) in [7, 11) is 0. The molecule has 0 bridgehead atoms. The van der Waals surface area contributed by atoms with Crippen LogP contribution in [0.1, 0.15) is 12.0 Å². The van der Waals surface area contributed by atoms with E-state index in [0.717, 1.165) is 23.6 Å². The van der Waals surface area contributed by atoms with Crippen LogP contribution >= 0.6 is 11.8 Å². The number of nitrogens with one attached hydrogen (secondary N) is 2. The maximum Gasteiger partial charge on any atom is 0.422 e. The fourth-order valence-corrected chi connectivity index (χ4v) is 3.14. The summed E-state index contributed by atoms with van der Waals surface area (Å²) in [5.74, 6) is 1.65. The average molecular weight is 348 g/mol. The summed E-state index contributed by atoms with van der Waals surface area (Å²) < 4.78 is 41.8. The Balaban J connectivity index is 1.98. The fourth-order valence-electron chi connectivity index (χ4n) is 2.19. The van der Waals surface area contributed by atoms with Crippen molar-refractivity contribution in [3.05, 3.63) is 23.8 Å². The van der Waals surface area contributed by atoms with E-state index in [9.17, 15) is 18.0 Å². The first-order valence-corrected chi connectivity index (χ1v) is 8.40. The molecule has 1 fully saturated rings. The van der Waals surface area contributed by atoms with E-state index in [1.807, 2.05) is 0 Å². The van der Waals surface area contributed by atoms with Gasteiger partial charge in [0, 0.05) is 30.5 Å². The summed E-state index contributed by atoms with van der Waals surface area (Å²) in [6.07, 6.45) is -4.14. The maximum atomic E-state index is 12.3. The highest BCUT2D eigenvalue weighted by atomic mass is 32.2. The van der Waals surface area contributed by atoms with Crippen LogP contribution in [0.2, 0.25) is 0 Å². The van der Waals surface area contributed by atoms with Crippen molar-refractivity contribution >= 4 is 23.4 Å². The Kier molecular flexibility index (Phi) is 6.17. The van der Waals surface area contributed by atoms with Crippen molar-refractivity contribution in [2.75, 3.05) is 30.0 Å². The Morgan fingerprint density at radius 1 is 1.48 bits per heavy atom. The highest BCUT2D eigenvalue weighted by Gasteiger charge is 2.29. The molecule has 128 valence electrons. The number of carbonyl (C=O) groups excluding carboxylic acids is 1. The molecule has 0 spiro atoms. The van der Waals surface area contributed by atoms with E-state index in [0.29, 0.717) is 0 Å². The van der Waals surface area contributed by atoms with Crippen LogP contribution in [0.3, 0.4) is 0 Å². The summed E-state index contributed by atoms with van der Waals surface area (Å²) in [6.45, 7) is 1.21. The zero-order chi connectivity index (χ0) is 16.9. The summed E-state index contributed by atoms with van der Waals surface area (Å²) in [5.41, 5.74) is 1.01. The molecule has 4 nitrogen and oxygen atoms in total. The molecule has 2 rings (SSSR count). The van der Waals surface area contributed by atoms with E-state index in [1.165, 1.54) is 6.07 Å². The highest BCUT2D eigenvalue weighted by molar-refractivity contribution is 7.99. The van der Waals surface area contributed by atoms with Gasteiger partial charge in [-0.3, -0.25) is 4.79 Å². The predicted octanol–water partition coefficient (Wildman–Crippen LogP) is 2.97. The third-order valence-electron chi connectivity index (χ3n) is 3.23. The molecule has 1 aromatic carbocycles. The van der Waals surface area contributed by atoms with Gasteiger partial charge in [0.25, 0.3) is 0 Å². The Bertz CT molecular complexity index is 546. The van der Waals surface area contributed by atoms with Gasteiger partial charge < -0.3 is 15.4 Å². The molecule has 8 heteroatoms. The lowest BCUT2D eigenvalue weighted by molar-refractivity contribution is -0.153. The maximum absolute atomic E-state index is 12.3. The van der Waals surface area contributed by atoms with Crippen LogP contribution in [0.4, 0.5) is 18.9 Å². The van der Waals surface area contributed by atoms with E-state index in [1.54, 1.807) is 30.8 Å². The van der Waals surface area contributed by atoms with Gasteiger partial charge in [0.05, 0.1) is 5.69 Å². The lowest BCUT2D eigenvalue weighted by Crippen LogP contribution is -2.39. The first-order chi connectivity index (χ1) is 10.8. The lowest BCUT2D eigenvalue weighted by atomic mass is 10.2. The molecule has 1 amide bonds. The van der Waals surface area contributed by atoms with Crippen LogP contribution in [0, 0.1) is 6.92 Å². The topological polar surface area (TPSA) is 50.4 Å². The summed E-state index contributed by atoms with van der Waals surface area (Å²) in [4.78, 5) is 12.1. The van der Waals surface area contributed by atoms with Gasteiger partial charge in [-0.25, -0.2) is 0 Å². The molecule has 23 heavy (non-hydrogen) atoms. The van der Waals surface area contributed by atoms with Gasteiger partial charge in [-0.2, -0.15) is 24.9 Å². The molecule has 1 atom stereocenters. The van der Waals surface area contributed by atoms with Gasteiger partial charge >= 0.3 is 6.18 Å². The Labute approximate surface area is 137 Å². The number of anilines is 1. The third kappa shape index (κ3) is 6.31. The number of hydrogen-bond acceptors (Lipinski definition) is 4. The van der Waals surface area contributed by atoms with Crippen molar-refractivity contribution in [1.29, 1.82) is 0 Å². The molecule has 2 N–H and O–H groups in total. The van der Waals surface area contributed by atoms with Crippen LogP contribution in [0.15, 0.2) is 18.2 Å². The molecule has 1 aliphatic heterocycles. The van der Waals surface area contributed by atoms with E-state index in [-0.39, 0.29) is 29.8 Å². The Hall–Kier alpha value is -1.41. The molecule has 1 aliphatic rings. The minimum atomic E-state index is -4.42. The number of aryl methyl sites for hydroxylation is 1. The van der Waals surface area contributed by atoms with Gasteiger partial charge in [0.2, 0.25) is 5.91 Å². The van der Waals surface area contributed by atoms with Crippen LogP contribution in [-0.2, 0) is 4.79 Å². The smallest absolute Gasteiger partial charge is 0.422 e. The normalized spacial score (nSPS) is 18.5. The first kappa shape index (κ1) is 17.9. The van der Waals surface area contributed by atoms with Gasteiger partial charge in [-0.15, -0.1) is 0 Å². The van der Waals surface area contributed by atoms with Gasteiger partial charge in [0.1, 0.15) is 5.75 Å². The molecule has 1 aromatic rings. The molecule has 0 saturated carbocycles. The number of halogens is 3. The quantitative estimate of drug-likeness (QED) is 0.859. The summed E-state index contributed by atoms with van der Waals surface area (Å²) >= 11 is 1.78. The number of rotatable bonds is 5. The number of hydrogen-bond donors (Lipinski definition) is 2. The van der Waals surface area contributed by atoms with E-state index < -0.39 is 12.8 Å². The zero-order valence-electron chi connectivity index (χ0n) is 12.7. The number of amides is 1. The van der Waals surface area contributed by atoms with Crippen molar-refractivity contribution in [3.63, 3.8) is 0 Å². The summed E-state index contributed by atoms with van der Waals surface area (Å²) in [5, 5.41) is 5.88. The van der Waals surface area contributed by atoms with Gasteiger partial charge in [-0.1, -0.05) is 6.07 Å². The van der Waals surface area contributed by atoms with Crippen LogP contribution in [0.5, 0.6) is 5.75 Å². The standard InChI is InChI=1S/C15H19F3N2O2S/c1-10-2-3-12(13(6-10)22-9-15(16,17)18)20-14(21)7-11-8-23-5-4-19-11/h2-3,6,11,19H,4-5,7-9H2,1H3,(H,20,21). The second-order valence-corrected chi connectivity index (χ2v) is 6.53. The van der Waals surface area contributed by atoms with E-state index >= 15 is 0 Å². The van der Waals surface area contributed by atoms with Crippen LogP contribution in [0.25, 0.3) is 0 Å². The number of ether oxygens (including phenoxy) is 1. The number of carbonyl (C=O) groups is 1. The number of alkyl halides is 3. The minimum absolute atomic E-state index is 0.0293. The molecule has 0 aromatic heterocycles. The summed E-state index contributed by atoms with van der Waals surface area (Å²) in [6, 6.07) is 4.83. The predicted molar refractivity (Wildman–Crippen MR) is 85.1 cm³/mol. The zero-order valence-corrected chi connectivity index (χ0v) is 13.5. The minimum Gasteiger partial charge on any atom is -0.482 e. The van der Waals surface area contributed by atoms with E-state index in [4.69, 9.17) is 4.74 Å². The van der Waals surface area contributed by atoms with Crippen molar-refractivity contribution in [2.24, 2.45) is 0 Å². The van der Waals surface area contributed by atoms with E-state index in [2.05, 4.69) is 10.6 Å². The second kappa shape index (κ2) is 7.92. The molecule has 1 unspecified atom stereocenters. The van der Waals surface area contributed by atoms with Crippen molar-refractivity contribution in [3.8, 4) is 5.75 Å². The monoisotopic (exact) mass is 348 g/mol. The van der Waals surface area contributed by atoms with Gasteiger partial charge in [-0.05, 0) is 24.6 Å². The fraction of sp³-hybridized carbons (Fsp3) is 0.533. The molecule has 0 aliphatic carbocycles. The molecule has 1 heterocycles. The molecular formula is C15H19F3N2O2S. The SMILES string of the molecule is Cc1ccc(NC(=O)CC2CSCCN2)c(OCC(F)(F)F)c1. The van der Waals surface area contributed by atoms with Crippen molar-refractivity contribution in [1.82, 2.24) is 5.32 Å². The van der Waals surface area contributed by atoms with Gasteiger partial charge in [0.15, 0.2) is 6.61 Å². The first-order valence-electron chi connectivity index (χ1n) is 7.25. The Morgan fingerprint density at radius 3 is 2.91 bits per heavy atom. The van der Waals surface area contributed by atoms with Crippen LogP contribution < -0.4 is 15.4 Å². The highest BCUT2D eigenvalue weighted by Crippen LogP contribution is 2.28. The van der Waals surface area contributed by atoms with Crippen molar-refractivity contribution in [2.45, 2.75) is 25.6 Å². The molecular weight excluding hydrogens is 329 g/mol. The number of benzene rings is 1. The molecule has 1 saturated heterocycles. The van der Waals surface area contributed by atoms with Crippen molar-refractivity contribution < 1.29 is 22.7 Å². The van der Waals surface area contributed by atoms with Crippen LogP contribution in [-0.4, -0.2) is 42.8 Å². The lowest BCUT2D eigenvalue weighted by Gasteiger charge is -2.22. The average Bonchev–Trinajstić information content (AvgIpc) is 2.47. The largest absolute Gasteiger partial charge is 0.482 e. The molecule has 0 radical (unpaired) electrons. The Morgan fingerprint density at radius 2 is 2.26 bits per heavy atom.